The van der Waals surface area contributed by atoms with E-state index in [1.165, 1.54) is 32.1 Å². The fraction of sp³-hybridized carbons (Fsp3) is 0.529. The molecule has 4 heteroatoms. The number of nitrogen functional groups attached to an aromatic ring is 1. The van der Waals surface area contributed by atoms with Crippen molar-refractivity contribution in [3.63, 3.8) is 0 Å². The number of anilines is 2. The number of benzene rings is 1. The monoisotopic (exact) mass is 284 g/mol. The molecule has 1 heterocycles. The Balaban J connectivity index is 1.88. The lowest BCUT2D eigenvalue weighted by molar-refractivity contribution is 0.313. The summed E-state index contributed by atoms with van der Waals surface area (Å²) in [7, 11) is 2.15. The van der Waals surface area contributed by atoms with Crippen LogP contribution in [0.15, 0.2) is 24.5 Å². The highest BCUT2D eigenvalue weighted by Crippen LogP contribution is 2.33. The van der Waals surface area contributed by atoms with Crippen LogP contribution < -0.4 is 10.6 Å². The van der Waals surface area contributed by atoms with Gasteiger partial charge < -0.3 is 10.6 Å². The first-order chi connectivity index (χ1) is 10.2. The molecule has 0 radical (unpaired) electrons. The van der Waals surface area contributed by atoms with Crippen molar-refractivity contribution in [3.8, 4) is 0 Å². The van der Waals surface area contributed by atoms with Crippen LogP contribution in [0.4, 0.5) is 11.5 Å². The zero-order valence-corrected chi connectivity index (χ0v) is 12.9. The van der Waals surface area contributed by atoms with Gasteiger partial charge in [0.15, 0.2) is 0 Å². The molecule has 0 spiro atoms. The molecule has 0 unspecified atom stereocenters. The molecule has 1 fully saturated rings. The second-order valence-electron chi connectivity index (χ2n) is 6.17. The Morgan fingerprint density at radius 1 is 1.19 bits per heavy atom. The molecule has 0 aliphatic heterocycles. The summed E-state index contributed by atoms with van der Waals surface area (Å²) in [6.45, 7) is 2.30. The molecule has 2 N–H and O–H groups in total. The Morgan fingerprint density at radius 3 is 2.67 bits per heavy atom. The highest BCUT2D eigenvalue weighted by molar-refractivity contribution is 5.91. The lowest BCUT2D eigenvalue weighted by Gasteiger charge is -2.35. The van der Waals surface area contributed by atoms with Gasteiger partial charge in [-0.2, -0.15) is 0 Å². The number of aromatic nitrogens is 2. The Labute approximate surface area is 126 Å². The molecule has 0 bridgehead atoms. The molecule has 1 aromatic carbocycles. The molecule has 21 heavy (non-hydrogen) atoms. The summed E-state index contributed by atoms with van der Waals surface area (Å²) in [5, 5.41) is 1.05. The largest absolute Gasteiger partial charge is 0.399 e. The molecule has 1 saturated carbocycles. The van der Waals surface area contributed by atoms with Crippen LogP contribution in [0, 0.1) is 5.92 Å². The van der Waals surface area contributed by atoms with Crippen LogP contribution in [-0.4, -0.2) is 23.1 Å². The van der Waals surface area contributed by atoms with Crippen LogP contribution in [0.3, 0.4) is 0 Å². The van der Waals surface area contributed by atoms with Gasteiger partial charge in [-0.25, -0.2) is 9.97 Å². The molecule has 112 valence electrons. The Kier molecular flexibility index (Phi) is 3.95. The first kappa shape index (κ1) is 14.1. The molecule has 0 atom stereocenters. The van der Waals surface area contributed by atoms with Crippen LogP contribution in [0.25, 0.3) is 10.9 Å². The van der Waals surface area contributed by atoms with E-state index in [-0.39, 0.29) is 0 Å². The lowest BCUT2D eigenvalue weighted by atomic mass is 9.84. The van der Waals surface area contributed by atoms with E-state index >= 15 is 0 Å². The fourth-order valence-electron chi connectivity index (χ4n) is 3.46. The first-order valence-electron chi connectivity index (χ1n) is 7.92. The van der Waals surface area contributed by atoms with Crippen molar-refractivity contribution < 1.29 is 0 Å². The summed E-state index contributed by atoms with van der Waals surface area (Å²) in [4.78, 5) is 11.2. The Hall–Kier alpha value is -1.84. The highest BCUT2D eigenvalue weighted by Gasteiger charge is 2.24. The van der Waals surface area contributed by atoms with Gasteiger partial charge in [-0.3, -0.25) is 0 Å². The van der Waals surface area contributed by atoms with Crippen LogP contribution in [0.1, 0.15) is 39.0 Å². The minimum absolute atomic E-state index is 0.576. The van der Waals surface area contributed by atoms with E-state index < -0.39 is 0 Å². The third-order valence-electron chi connectivity index (χ3n) is 4.91. The minimum Gasteiger partial charge on any atom is -0.399 e. The van der Waals surface area contributed by atoms with Crippen LogP contribution >= 0.6 is 0 Å². The normalized spacial score (nSPS) is 22.4. The number of nitrogens with zero attached hydrogens (tertiary/aromatic N) is 3. The number of rotatable bonds is 3. The van der Waals surface area contributed by atoms with E-state index in [1.54, 1.807) is 6.33 Å². The van der Waals surface area contributed by atoms with Crippen molar-refractivity contribution in [2.24, 2.45) is 5.92 Å². The summed E-state index contributed by atoms with van der Waals surface area (Å²) in [5.41, 5.74) is 7.66. The summed E-state index contributed by atoms with van der Waals surface area (Å²) in [6, 6.07) is 6.43. The van der Waals surface area contributed by atoms with Gasteiger partial charge in [0, 0.05) is 24.2 Å². The maximum Gasteiger partial charge on any atom is 0.139 e. The molecule has 3 rings (SSSR count). The van der Waals surface area contributed by atoms with Crippen LogP contribution in [0.2, 0.25) is 0 Å². The van der Waals surface area contributed by atoms with Crippen LogP contribution in [-0.2, 0) is 0 Å². The summed E-state index contributed by atoms with van der Waals surface area (Å²) < 4.78 is 0. The average molecular weight is 284 g/mol. The SMILES string of the molecule is CCC1CCC(N(C)c2ncnc3ccc(N)cc23)CC1. The summed E-state index contributed by atoms with van der Waals surface area (Å²) >= 11 is 0. The predicted octanol–water partition coefficient (Wildman–Crippen LogP) is 3.62. The fourth-order valence-corrected chi connectivity index (χ4v) is 3.46. The van der Waals surface area contributed by atoms with E-state index in [1.807, 2.05) is 18.2 Å². The topological polar surface area (TPSA) is 55.0 Å². The van der Waals surface area contributed by atoms with E-state index in [2.05, 4.69) is 28.8 Å². The third-order valence-corrected chi connectivity index (χ3v) is 4.91. The quantitative estimate of drug-likeness (QED) is 0.875. The predicted molar refractivity (Wildman–Crippen MR) is 88.4 cm³/mol. The molecular formula is C17H24N4. The van der Waals surface area contributed by atoms with Gasteiger partial charge in [0.2, 0.25) is 0 Å². The minimum atomic E-state index is 0.576. The number of hydrogen-bond acceptors (Lipinski definition) is 4. The Morgan fingerprint density at radius 2 is 1.95 bits per heavy atom. The number of fused-ring (bicyclic) bond motifs is 1. The molecule has 1 aliphatic rings. The molecule has 1 aromatic heterocycles. The highest BCUT2D eigenvalue weighted by atomic mass is 15.2. The molecule has 0 saturated heterocycles. The zero-order chi connectivity index (χ0) is 14.8. The van der Waals surface area contributed by atoms with Gasteiger partial charge in [0.05, 0.1) is 5.52 Å². The van der Waals surface area contributed by atoms with Gasteiger partial charge in [-0.1, -0.05) is 13.3 Å². The van der Waals surface area contributed by atoms with Gasteiger partial charge in [-0.15, -0.1) is 0 Å². The van der Waals surface area contributed by atoms with Crippen molar-refractivity contribution in [1.82, 2.24) is 9.97 Å². The van der Waals surface area contributed by atoms with E-state index in [0.717, 1.165) is 28.3 Å². The number of hydrogen-bond donors (Lipinski definition) is 1. The van der Waals surface area contributed by atoms with Gasteiger partial charge in [-0.05, 0) is 49.8 Å². The van der Waals surface area contributed by atoms with Crippen molar-refractivity contribution >= 4 is 22.4 Å². The zero-order valence-electron chi connectivity index (χ0n) is 12.9. The molecule has 2 aromatic rings. The summed E-state index contributed by atoms with van der Waals surface area (Å²) in [5.74, 6) is 1.92. The van der Waals surface area contributed by atoms with Gasteiger partial charge >= 0.3 is 0 Å². The van der Waals surface area contributed by atoms with Gasteiger partial charge in [0.1, 0.15) is 12.1 Å². The maximum absolute atomic E-state index is 5.93. The molecular weight excluding hydrogens is 260 g/mol. The lowest BCUT2D eigenvalue weighted by Crippen LogP contribution is -2.35. The van der Waals surface area contributed by atoms with Crippen molar-refractivity contribution in [3.05, 3.63) is 24.5 Å². The Bertz CT molecular complexity index is 617. The van der Waals surface area contributed by atoms with Crippen molar-refractivity contribution in [1.29, 1.82) is 0 Å². The average Bonchev–Trinajstić information content (AvgIpc) is 2.53. The first-order valence-corrected chi connectivity index (χ1v) is 7.92. The van der Waals surface area contributed by atoms with Crippen molar-refractivity contribution in [2.75, 3.05) is 17.7 Å². The van der Waals surface area contributed by atoms with E-state index in [9.17, 15) is 0 Å². The smallest absolute Gasteiger partial charge is 0.139 e. The second kappa shape index (κ2) is 5.88. The molecule has 0 amide bonds. The van der Waals surface area contributed by atoms with E-state index in [0.29, 0.717) is 6.04 Å². The van der Waals surface area contributed by atoms with Crippen LogP contribution in [0.5, 0.6) is 0 Å². The molecule has 1 aliphatic carbocycles. The maximum atomic E-state index is 5.93. The second-order valence-corrected chi connectivity index (χ2v) is 6.17. The third kappa shape index (κ3) is 2.80. The summed E-state index contributed by atoms with van der Waals surface area (Å²) in [6.07, 6.45) is 8.13. The van der Waals surface area contributed by atoms with Gasteiger partial charge in [0.25, 0.3) is 0 Å². The van der Waals surface area contributed by atoms with Crippen molar-refractivity contribution in [2.45, 2.75) is 45.1 Å². The standard InChI is InChI=1S/C17H24N4/c1-3-12-4-7-14(8-5-12)21(2)17-15-10-13(18)6-9-16(15)19-11-20-17/h6,9-12,14H,3-5,7-8,18H2,1-2H3. The van der Waals surface area contributed by atoms with E-state index in [4.69, 9.17) is 5.73 Å². The number of nitrogens with two attached hydrogens (primary N) is 1. The molecule has 4 nitrogen and oxygen atoms in total.